The van der Waals surface area contributed by atoms with Crippen molar-refractivity contribution in [2.45, 2.75) is 37.2 Å². The van der Waals surface area contributed by atoms with Crippen molar-refractivity contribution in [3.63, 3.8) is 0 Å². The summed E-state index contributed by atoms with van der Waals surface area (Å²) < 4.78 is 18.7. The zero-order valence-corrected chi connectivity index (χ0v) is 12.6. The van der Waals surface area contributed by atoms with E-state index in [2.05, 4.69) is 19.2 Å². The fraction of sp³-hybridized carbons (Fsp3) is 0.600. The molecule has 0 aromatic heterocycles. The SMILES string of the molecule is COCC(NC1CCSc2ccc(F)cc21)C(C)C. The van der Waals surface area contributed by atoms with E-state index in [1.165, 1.54) is 4.90 Å². The fourth-order valence-electron chi connectivity index (χ4n) is 2.41. The Labute approximate surface area is 119 Å². The van der Waals surface area contributed by atoms with Crippen LogP contribution in [0.5, 0.6) is 0 Å². The van der Waals surface area contributed by atoms with Crippen molar-refractivity contribution >= 4 is 11.8 Å². The third-order valence-electron chi connectivity index (χ3n) is 3.58. The second kappa shape index (κ2) is 6.73. The molecule has 1 N–H and O–H groups in total. The van der Waals surface area contributed by atoms with E-state index >= 15 is 0 Å². The van der Waals surface area contributed by atoms with E-state index in [0.29, 0.717) is 18.6 Å². The van der Waals surface area contributed by atoms with Crippen LogP contribution in [0.15, 0.2) is 23.1 Å². The van der Waals surface area contributed by atoms with Gasteiger partial charge in [-0.2, -0.15) is 0 Å². The van der Waals surface area contributed by atoms with Gasteiger partial charge in [0.2, 0.25) is 0 Å². The summed E-state index contributed by atoms with van der Waals surface area (Å²) in [4.78, 5) is 1.20. The Balaban J connectivity index is 2.16. The molecule has 2 nitrogen and oxygen atoms in total. The first-order valence-corrected chi connectivity index (χ1v) is 7.77. The van der Waals surface area contributed by atoms with Crippen molar-refractivity contribution < 1.29 is 9.13 Å². The first kappa shape index (κ1) is 14.8. The number of halogens is 1. The van der Waals surface area contributed by atoms with Crippen LogP contribution in [0.25, 0.3) is 0 Å². The van der Waals surface area contributed by atoms with Gasteiger partial charge in [-0.05, 0) is 41.9 Å². The normalized spacial score (nSPS) is 20.4. The zero-order valence-electron chi connectivity index (χ0n) is 11.8. The average Bonchev–Trinajstić information content (AvgIpc) is 2.38. The van der Waals surface area contributed by atoms with Crippen LogP contribution in [0.4, 0.5) is 4.39 Å². The molecule has 0 fully saturated rings. The number of nitrogens with one attached hydrogen (secondary N) is 1. The highest BCUT2D eigenvalue weighted by atomic mass is 32.2. The monoisotopic (exact) mass is 283 g/mol. The van der Waals surface area contributed by atoms with E-state index < -0.39 is 0 Å². The van der Waals surface area contributed by atoms with Gasteiger partial charge in [-0.3, -0.25) is 0 Å². The number of methoxy groups -OCH3 is 1. The third kappa shape index (κ3) is 3.71. The first-order chi connectivity index (χ1) is 9.11. The zero-order chi connectivity index (χ0) is 13.8. The minimum absolute atomic E-state index is 0.152. The second-order valence-electron chi connectivity index (χ2n) is 5.34. The lowest BCUT2D eigenvalue weighted by atomic mass is 9.99. The topological polar surface area (TPSA) is 21.3 Å². The molecule has 2 unspecified atom stereocenters. The van der Waals surface area contributed by atoms with Crippen molar-refractivity contribution in [2.75, 3.05) is 19.5 Å². The molecule has 1 heterocycles. The molecule has 0 aliphatic carbocycles. The molecule has 0 saturated carbocycles. The van der Waals surface area contributed by atoms with Gasteiger partial charge in [0.05, 0.1) is 6.61 Å². The molecule has 0 radical (unpaired) electrons. The number of hydrogen-bond donors (Lipinski definition) is 1. The number of ether oxygens (including phenoxy) is 1. The lowest BCUT2D eigenvalue weighted by molar-refractivity contribution is 0.139. The molecule has 2 rings (SSSR count). The minimum atomic E-state index is -0.152. The molecule has 0 bridgehead atoms. The van der Waals surface area contributed by atoms with Crippen LogP contribution in [0.2, 0.25) is 0 Å². The molecule has 19 heavy (non-hydrogen) atoms. The number of fused-ring (bicyclic) bond motifs is 1. The smallest absolute Gasteiger partial charge is 0.123 e. The molecule has 2 atom stereocenters. The van der Waals surface area contributed by atoms with Crippen molar-refractivity contribution in [3.05, 3.63) is 29.6 Å². The maximum absolute atomic E-state index is 13.5. The summed E-state index contributed by atoms with van der Waals surface area (Å²) in [6.07, 6.45) is 1.04. The quantitative estimate of drug-likeness (QED) is 0.891. The fourth-order valence-corrected chi connectivity index (χ4v) is 3.51. The molecule has 1 aliphatic rings. The van der Waals surface area contributed by atoms with E-state index in [9.17, 15) is 4.39 Å². The van der Waals surface area contributed by atoms with Crippen LogP contribution < -0.4 is 5.32 Å². The lowest BCUT2D eigenvalue weighted by Gasteiger charge is -2.31. The molecule has 1 aromatic carbocycles. The van der Waals surface area contributed by atoms with Gasteiger partial charge in [0.15, 0.2) is 0 Å². The van der Waals surface area contributed by atoms with E-state index in [1.807, 2.05) is 17.8 Å². The number of hydrogen-bond acceptors (Lipinski definition) is 3. The van der Waals surface area contributed by atoms with Crippen LogP contribution >= 0.6 is 11.8 Å². The molecule has 4 heteroatoms. The van der Waals surface area contributed by atoms with Gasteiger partial charge in [0, 0.05) is 24.1 Å². The van der Waals surface area contributed by atoms with Crippen LogP contribution in [-0.2, 0) is 4.74 Å². The highest BCUT2D eigenvalue weighted by Gasteiger charge is 2.25. The molecule has 106 valence electrons. The van der Waals surface area contributed by atoms with E-state index in [0.717, 1.165) is 17.7 Å². The molecule has 0 amide bonds. The van der Waals surface area contributed by atoms with Crippen molar-refractivity contribution in [2.24, 2.45) is 5.92 Å². The van der Waals surface area contributed by atoms with Gasteiger partial charge in [0.1, 0.15) is 5.82 Å². The molecule has 1 aliphatic heterocycles. The van der Waals surface area contributed by atoms with Gasteiger partial charge in [0.25, 0.3) is 0 Å². The largest absolute Gasteiger partial charge is 0.383 e. The van der Waals surface area contributed by atoms with Crippen molar-refractivity contribution in [1.29, 1.82) is 0 Å². The summed E-state index contributed by atoms with van der Waals surface area (Å²) in [5, 5.41) is 3.63. The molecular weight excluding hydrogens is 261 g/mol. The summed E-state index contributed by atoms with van der Waals surface area (Å²) in [6, 6.07) is 5.64. The Morgan fingerprint density at radius 2 is 2.26 bits per heavy atom. The first-order valence-electron chi connectivity index (χ1n) is 6.79. The van der Waals surface area contributed by atoms with Crippen LogP contribution in [0.1, 0.15) is 31.9 Å². The predicted molar refractivity (Wildman–Crippen MR) is 78.1 cm³/mol. The van der Waals surface area contributed by atoms with Crippen LogP contribution in [-0.4, -0.2) is 25.5 Å². The van der Waals surface area contributed by atoms with Gasteiger partial charge in [-0.25, -0.2) is 4.39 Å². The maximum Gasteiger partial charge on any atom is 0.123 e. The van der Waals surface area contributed by atoms with Gasteiger partial charge in [-0.1, -0.05) is 13.8 Å². The summed E-state index contributed by atoms with van der Waals surface area (Å²) in [6.45, 7) is 5.05. The predicted octanol–water partition coefficient (Wildman–Crippen LogP) is 3.62. The highest BCUT2D eigenvalue weighted by molar-refractivity contribution is 7.99. The van der Waals surface area contributed by atoms with Gasteiger partial charge < -0.3 is 10.1 Å². The molecule has 0 saturated heterocycles. The molecular formula is C15H22FNOS. The summed E-state index contributed by atoms with van der Waals surface area (Å²) in [7, 11) is 1.72. The maximum atomic E-state index is 13.5. The summed E-state index contributed by atoms with van der Waals surface area (Å²) in [5.41, 5.74) is 1.10. The Kier molecular flexibility index (Phi) is 5.25. The average molecular weight is 283 g/mol. The van der Waals surface area contributed by atoms with Crippen molar-refractivity contribution in [3.8, 4) is 0 Å². The van der Waals surface area contributed by atoms with Crippen LogP contribution in [0.3, 0.4) is 0 Å². The minimum Gasteiger partial charge on any atom is -0.383 e. The van der Waals surface area contributed by atoms with Crippen molar-refractivity contribution in [1.82, 2.24) is 5.32 Å². The Morgan fingerprint density at radius 1 is 1.47 bits per heavy atom. The van der Waals surface area contributed by atoms with Gasteiger partial charge >= 0.3 is 0 Å². The Hall–Kier alpha value is -0.580. The van der Waals surface area contributed by atoms with E-state index in [-0.39, 0.29) is 11.9 Å². The third-order valence-corrected chi connectivity index (χ3v) is 4.70. The number of thioether (sulfide) groups is 1. The van der Waals surface area contributed by atoms with Crippen LogP contribution in [0, 0.1) is 11.7 Å². The molecule has 1 aromatic rings. The van der Waals surface area contributed by atoms with Gasteiger partial charge in [-0.15, -0.1) is 11.8 Å². The van der Waals surface area contributed by atoms with E-state index in [1.54, 1.807) is 19.2 Å². The summed E-state index contributed by atoms with van der Waals surface area (Å²) in [5.74, 6) is 1.42. The van der Waals surface area contributed by atoms with E-state index in [4.69, 9.17) is 4.74 Å². The second-order valence-corrected chi connectivity index (χ2v) is 6.48. The lowest BCUT2D eigenvalue weighted by Crippen LogP contribution is -2.41. The Bertz CT molecular complexity index is 425. The molecule has 0 spiro atoms. The standard InChI is InChI=1S/C15H22FNOS/c1-10(2)14(9-18-3)17-13-6-7-19-15-5-4-11(16)8-12(13)15/h4-5,8,10,13-14,17H,6-7,9H2,1-3H3. The Morgan fingerprint density at radius 3 is 2.95 bits per heavy atom. The summed E-state index contributed by atoms with van der Waals surface area (Å²) >= 11 is 1.81. The number of rotatable bonds is 5. The number of benzene rings is 1. The highest BCUT2D eigenvalue weighted by Crippen LogP contribution is 2.36.